The normalized spacial score (nSPS) is 12.2. The minimum atomic E-state index is -4.24. The van der Waals surface area contributed by atoms with E-state index in [1.807, 2.05) is 166 Å². The van der Waals surface area contributed by atoms with Gasteiger partial charge in [0.15, 0.2) is 0 Å². The molecule has 0 aliphatic carbocycles. The number of hydrogen-bond donors (Lipinski definition) is 2. The molecule has 0 amide bonds. The molecule has 0 spiro atoms. The van der Waals surface area contributed by atoms with Gasteiger partial charge >= 0.3 is 42.0 Å². The van der Waals surface area contributed by atoms with Gasteiger partial charge in [0.25, 0.3) is 0 Å². The average Bonchev–Trinajstić information content (AvgIpc) is 0.825. The van der Waals surface area contributed by atoms with Crippen LogP contribution in [0.15, 0.2) is 115 Å². The van der Waals surface area contributed by atoms with E-state index in [0.717, 1.165) is 73.7 Å². The van der Waals surface area contributed by atoms with Crippen LogP contribution in [0.4, 0.5) is 23.2 Å². The molecule has 5 atom stereocenters. The fourth-order valence-corrected chi connectivity index (χ4v) is 8.28. The van der Waals surface area contributed by atoms with Gasteiger partial charge in [-0.15, -0.1) is 0 Å². The van der Waals surface area contributed by atoms with Crippen molar-refractivity contribution in [2.45, 2.75) is 293 Å². The van der Waals surface area contributed by atoms with Crippen molar-refractivity contribution in [2.75, 3.05) is 41.3 Å². The first-order chi connectivity index (χ1) is 49.9. The van der Waals surface area contributed by atoms with Crippen LogP contribution in [-0.4, -0.2) is 71.4 Å². The molecule has 0 aliphatic rings. The first-order valence-electron chi connectivity index (χ1n) is 38.2. The molecule has 14 nitrogen and oxygen atoms in total. The van der Waals surface area contributed by atoms with Crippen LogP contribution in [0.3, 0.4) is 0 Å². The third-order valence-electron chi connectivity index (χ3n) is 19.6. The van der Waals surface area contributed by atoms with E-state index >= 15 is 0 Å². The standard InChI is InChI=1S/C12H15F3.C12H16O2.C11H17N.C10H13F.C10H15N.5C7H14O2/c1-4-9(3)10-5-8(2)6-11(7-10)12(13,14)15;1-4-9(2)11-7-5-6-8-12(11)14-10(3)13;1-3-9(2)11-6-4-10(8-12)5-7-11;1-3-8(2)9-5-4-6-10(11)7-9;1-3-8(2)9-4-6-10(11)7-5-9;5*1-5-7(2,3)6(8)9-4/h5-7,9H,4H2,1-3H3;5-9H,4H2,1-3H3;4-7,9H,3,8,12H2,1-2H3;4-8H,3H2,1-2H3;4-8H,3,11H2,1-2H3;5*5H2,1-4H3. The van der Waals surface area contributed by atoms with Gasteiger partial charge in [0.05, 0.1) is 68.2 Å². The molecule has 5 rings (SSSR count). The van der Waals surface area contributed by atoms with Gasteiger partial charge < -0.3 is 39.9 Å². The van der Waals surface area contributed by atoms with Crippen molar-refractivity contribution < 1.29 is 74.8 Å². The third-order valence-corrected chi connectivity index (χ3v) is 19.6. The maximum Gasteiger partial charge on any atom is 0.416 e. The molecule has 4 N–H and O–H groups in total. The smallest absolute Gasteiger partial charge is 0.416 e. The number of methoxy groups -OCH3 is 5. The third kappa shape index (κ3) is 46.0. The largest absolute Gasteiger partial charge is 0.469 e. The molecule has 0 bridgehead atoms. The molecule has 0 heterocycles. The molecule has 0 saturated carbocycles. The second-order valence-corrected chi connectivity index (χ2v) is 30.1. The number of nitrogen functional groups attached to an aromatic ring is 1. The summed E-state index contributed by atoms with van der Waals surface area (Å²) in [7, 11) is 7.08. The zero-order valence-electron chi connectivity index (χ0n) is 72.7. The van der Waals surface area contributed by atoms with Gasteiger partial charge in [0.2, 0.25) is 0 Å². The van der Waals surface area contributed by atoms with Crippen molar-refractivity contribution in [3.8, 4) is 5.75 Å². The fourth-order valence-electron chi connectivity index (χ4n) is 8.28. The molecule has 5 aromatic carbocycles. The SMILES string of the molecule is CCC(C)(C)C(=O)OC.CCC(C)(C)C(=O)OC.CCC(C)(C)C(=O)OC.CCC(C)(C)C(=O)OC.CCC(C)(C)C(=O)OC.CCC(C)c1cc(C)cc(C(F)(F)F)c1.CCC(C)c1ccc(CN)cc1.CCC(C)c1ccc(N)cc1.CCC(C)c1cccc(F)c1.CCC(C)c1ccccc1OC(C)=O. The molecule has 616 valence electrons. The molecule has 0 radical (unpaired) electrons. The van der Waals surface area contributed by atoms with Crippen LogP contribution in [0.2, 0.25) is 0 Å². The topological polar surface area (TPSA) is 210 Å². The van der Waals surface area contributed by atoms with Crippen LogP contribution >= 0.6 is 0 Å². The molecule has 5 aromatic rings. The first-order valence-corrected chi connectivity index (χ1v) is 38.2. The van der Waals surface area contributed by atoms with E-state index in [1.165, 1.54) is 90.2 Å². The average molecular weight is 1520 g/mol. The molecular weight excluding hydrogens is 1380 g/mol. The van der Waals surface area contributed by atoms with Crippen LogP contribution < -0.4 is 16.2 Å². The summed E-state index contributed by atoms with van der Waals surface area (Å²) in [5, 5.41) is 0. The summed E-state index contributed by atoms with van der Waals surface area (Å²) < 4.78 is 78.2. The van der Waals surface area contributed by atoms with Crippen molar-refractivity contribution in [1.82, 2.24) is 0 Å². The number of ether oxygens (including phenoxy) is 6. The van der Waals surface area contributed by atoms with Crippen molar-refractivity contribution in [2.24, 2.45) is 32.8 Å². The van der Waals surface area contributed by atoms with Crippen molar-refractivity contribution in [3.05, 3.63) is 166 Å². The predicted molar refractivity (Wildman–Crippen MR) is 439 cm³/mol. The highest BCUT2D eigenvalue weighted by Crippen LogP contribution is 2.34. The van der Waals surface area contributed by atoms with Gasteiger partial charge in [0.1, 0.15) is 11.6 Å². The Kier molecular flexibility index (Phi) is 57.1. The van der Waals surface area contributed by atoms with E-state index in [4.69, 9.17) is 16.2 Å². The number of esters is 6. The number of benzene rings is 5. The lowest BCUT2D eigenvalue weighted by molar-refractivity contribution is -0.151. The molecule has 0 saturated heterocycles. The molecule has 0 aliphatic heterocycles. The van der Waals surface area contributed by atoms with Crippen LogP contribution in [0.25, 0.3) is 0 Å². The number of alkyl halides is 3. The Balaban J connectivity index is -0.000000366. The highest BCUT2D eigenvalue weighted by molar-refractivity contribution is 5.77. The van der Waals surface area contributed by atoms with Gasteiger partial charge in [-0.3, -0.25) is 28.8 Å². The zero-order chi connectivity index (χ0) is 85.2. The Bertz CT molecular complexity index is 3100. The molecule has 18 heteroatoms. The number of para-hydroxylation sites is 1. The van der Waals surface area contributed by atoms with Crippen LogP contribution in [0.1, 0.15) is 318 Å². The lowest BCUT2D eigenvalue weighted by atomic mass is 9.91. The van der Waals surface area contributed by atoms with Gasteiger partial charge in [0, 0.05) is 19.2 Å². The number of carbonyl (C=O) groups excluding carboxylic acids is 6. The Morgan fingerprint density at radius 2 is 0.713 bits per heavy atom. The molecular formula is C90H146F4N2O12. The summed E-state index contributed by atoms with van der Waals surface area (Å²) in [6.07, 6.45) is 5.18. The zero-order valence-corrected chi connectivity index (χ0v) is 72.7. The Morgan fingerprint density at radius 1 is 0.398 bits per heavy atom. The van der Waals surface area contributed by atoms with Crippen molar-refractivity contribution in [1.29, 1.82) is 0 Å². The minimum absolute atomic E-state index is 0.134. The molecule has 0 aromatic heterocycles. The molecule has 5 unspecified atom stereocenters. The number of halogens is 4. The Hall–Kier alpha value is -7.60. The maximum absolute atomic E-state index is 12.7. The number of carbonyl (C=O) groups is 6. The lowest BCUT2D eigenvalue weighted by Gasteiger charge is -2.17. The van der Waals surface area contributed by atoms with Crippen molar-refractivity contribution >= 4 is 41.5 Å². The van der Waals surface area contributed by atoms with E-state index in [9.17, 15) is 46.3 Å². The summed E-state index contributed by atoms with van der Waals surface area (Å²) >= 11 is 0. The van der Waals surface area contributed by atoms with E-state index < -0.39 is 11.7 Å². The summed E-state index contributed by atoms with van der Waals surface area (Å²) in [4.78, 5) is 65.1. The predicted octanol–water partition coefficient (Wildman–Crippen LogP) is 24.4. The summed E-state index contributed by atoms with van der Waals surface area (Å²) in [6, 6.07) is 35.5. The second-order valence-electron chi connectivity index (χ2n) is 30.1. The highest BCUT2D eigenvalue weighted by atomic mass is 19.4. The number of rotatable bonds is 22. The fraction of sp³-hybridized carbons (Fsp3) is 0.600. The highest BCUT2D eigenvalue weighted by Gasteiger charge is 2.32. The Labute approximate surface area is 652 Å². The van der Waals surface area contributed by atoms with Crippen LogP contribution in [0, 0.1) is 39.8 Å². The van der Waals surface area contributed by atoms with Gasteiger partial charge in [-0.2, -0.15) is 13.2 Å². The maximum atomic E-state index is 12.7. The van der Waals surface area contributed by atoms with Crippen LogP contribution in [0.5, 0.6) is 5.75 Å². The van der Waals surface area contributed by atoms with E-state index in [2.05, 4.69) is 115 Å². The first kappa shape index (κ1) is 109. The quantitative estimate of drug-likeness (QED) is 0.0217. The van der Waals surface area contributed by atoms with Gasteiger partial charge in [-0.05, 0) is 246 Å². The molecule has 0 fully saturated rings. The molecule has 108 heavy (non-hydrogen) atoms. The van der Waals surface area contributed by atoms with E-state index in [-0.39, 0.29) is 74.6 Å². The van der Waals surface area contributed by atoms with E-state index in [0.29, 0.717) is 41.5 Å². The van der Waals surface area contributed by atoms with Gasteiger partial charge in [-0.25, -0.2) is 4.39 Å². The summed E-state index contributed by atoms with van der Waals surface area (Å²) in [5.74, 6) is 1.99. The van der Waals surface area contributed by atoms with Gasteiger partial charge in [-0.1, -0.05) is 182 Å². The Morgan fingerprint density at radius 3 is 0.991 bits per heavy atom. The lowest BCUT2D eigenvalue weighted by Crippen LogP contribution is -2.24. The van der Waals surface area contributed by atoms with Crippen molar-refractivity contribution in [3.63, 3.8) is 0 Å². The summed E-state index contributed by atoms with van der Waals surface area (Å²) in [5.41, 5.74) is 17.4. The van der Waals surface area contributed by atoms with Crippen LogP contribution in [-0.2, 0) is 65.2 Å². The second kappa shape index (κ2) is 56.6. The van der Waals surface area contributed by atoms with E-state index in [1.54, 1.807) is 19.1 Å². The number of hydrogen-bond acceptors (Lipinski definition) is 14. The number of anilines is 1. The number of nitrogens with two attached hydrogens (primary N) is 2. The number of aryl methyl sites for hydroxylation is 1. The summed E-state index contributed by atoms with van der Waals surface area (Å²) in [6.45, 7) is 53.6. The minimum Gasteiger partial charge on any atom is -0.469 e. The monoisotopic (exact) mass is 1520 g/mol.